The first kappa shape index (κ1) is 21.2. The monoisotopic (exact) mass is 477 g/mol. The van der Waals surface area contributed by atoms with Crippen LogP contribution >= 0.6 is 23.1 Å². The van der Waals surface area contributed by atoms with Crippen molar-refractivity contribution in [3.8, 4) is 11.4 Å². The normalized spacial score (nSPS) is 15.2. The molecular weight excluding hydrogens is 459 g/mol. The molecule has 6 nitrogen and oxygen atoms in total. The van der Waals surface area contributed by atoms with Crippen LogP contribution in [0.1, 0.15) is 53.2 Å². The number of aromatic nitrogens is 5. The van der Waals surface area contributed by atoms with E-state index in [4.69, 9.17) is 4.52 Å². The first-order chi connectivity index (χ1) is 15.4. The zero-order valence-corrected chi connectivity index (χ0v) is 18.5. The quantitative estimate of drug-likeness (QED) is 0.296. The molecule has 0 radical (unpaired) electrons. The number of hydrogen-bond acceptors (Lipinski definition) is 7. The molecule has 166 valence electrons. The Morgan fingerprint density at radius 3 is 2.78 bits per heavy atom. The van der Waals surface area contributed by atoms with E-state index in [1.165, 1.54) is 28.8 Å². The summed E-state index contributed by atoms with van der Waals surface area (Å²) in [5.41, 5.74) is -0.494. The van der Waals surface area contributed by atoms with E-state index >= 15 is 0 Å². The smallest absolute Gasteiger partial charge is 0.338 e. The molecule has 0 saturated heterocycles. The second-order valence-corrected chi connectivity index (χ2v) is 9.89. The Kier molecular flexibility index (Phi) is 5.54. The first-order valence-electron chi connectivity index (χ1n) is 10.0. The molecule has 3 aromatic heterocycles. The molecule has 0 aliphatic heterocycles. The van der Waals surface area contributed by atoms with Crippen LogP contribution in [0.15, 0.2) is 51.5 Å². The molecule has 0 amide bonds. The summed E-state index contributed by atoms with van der Waals surface area (Å²) < 4.78 is 46.6. The van der Waals surface area contributed by atoms with Gasteiger partial charge in [-0.3, -0.25) is 0 Å². The average molecular weight is 478 g/mol. The van der Waals surface area contributed by atoms with Crippen molar-refractivity contribution >= 4 is 23.1 Å². The number of thiophene rings is 1. The minimum Gasteiger partial charge on any atom is -0.338 e. The average Bonchev–Trinajstić information content (AvgIpc) is 3.16. The van der Waals surface area contributed by atoms with Gasteiger partial charge in [-0.2, -0.15) is 18.2 Å². The lowest BCUT2D eigenvalue weighted by Gasteiger charge is -2.10. The lowest BCUT2D eigenvalue weighted by atomic mass is 10.1. The summed E-state index contributed by atoms with van der Waals surface area (Å²) in [6.07, 6.45) is -1.51. The summed E-state index contributed by atoms with van der Waals surface area (Å²) in [5.74, 6) is 1.38. The molecule has 1 aliphatic carbocycles. The third-order valence-electron chi connectivity index (χ3n) is 5.08. The molecule has 1 aliphatic rings. The topological polar surface area (TPSA) is 69.6 Å². The van der Waals surface area contributed by atoms with Gasteiger partial charge in [0.25, 0.3) is 0 Å². The van der Waals surface area contributed by atoms with Crippen LogP contribution in [0.25, 0.3) is 11.4 Å². The van der Waals surface area contributed by atoms with Gasteiger partial charge in [0.05, 0.1) is 10.8 Å². The van der Waals surface area contributed by atoms with E-state index in [9.17, 15) is 13.2 Å². The summed E-state index contributed by atoms with van der Waals surface area (Å²) in [6, 6.07) is 9.40. The van der Waals surface area contributed by atoms with Crippen LogP contribution in [-0.4, -0.2) is 24.9 Å². The van der Waals surface area contributed by atoms with Gasteiger partial charge < -0.3 is 9.09 Å². The lowest BCUT2D eigenvalue weighted by Crippen LogP contribution is -2.04. The molecule has 3 heterocycles. The molecule has 32 heavy (non-hydrogen) atoms. The molecule has 5 rings (SSSR count). The Morgan fingerprint density at radius 1 is 1.22 bits per heavy atom. The number of hydrogen-bond donors (Lipinski definition) is 0. The summed E-state index contributed by atoms with van der Waals surface area (Å²) in [7, 11) is 0. The van der Waals surface area contributed by atoms with E-state index in [1.807, 2.05) is 18.4 Å². The molecule has 4 aromatic rings. The summed E-state index contributed by atoms with van der Waals surface area (Å²) in [4.78, 5) is 5.56. The van der Waals surface area contributed by atoms with E-state index in [1.54, 1.807) is 11.3 Å². The fourth-order valence-corrected chi connectivity index (χ4v) is 5.01. The van der Waals surface area contributed by atoms with Gasteiger partial charge in [0, 0.05) is 22.9 Å². The predicted molar refractivity (Wildman–Crippen MR) is 114 cm³/mol. The summed E-state index contributed by atoms with van der Waals surface area (Å²) >= 11 is 3.15. The molecule has 0 bridgehead atoms. The Morgan fingerprint density at radius 2 is 2.06 bits per heavy atom. The fourth-order valence-electron chi connectivity index (χ4n) is 3.34. The maximum atomic E-state index is 13.0. The van der Waals surface area contributed by atoms with Gasteiger partial charge in [-0.1, -0.05) is 35.1 Å². The summed E-state index contributed by atoms with van der Waals surface area (Å²) in [6.45, 7) is 1.90. The van der Waals surface area contributed by atoms with Crippen LogP contribution in [0.4, 0.5) is 13.2 Å². The van der Waals surface area contributed by atoms with Gasteiger partial charge in [-0.05, 0) is 43.3 Å². The summed E-state index contributed by atoms with van der Waals surface area (Å²) in [5, 5.41) is 15.3. The molecule has 0 N–H and O–H groups in total. The Labute approximate surface area is 189 Å². The number of alkyl halides is 3. The highest BCUT2D eigenvalue weighted by Crippen LogP contribution is 2.42. The van der Waals surface area contributed by atoms with Gasteiger partial charge in [-0.25, -0.2) is 0 Å². The van der Waals surface area contributed by atoms with Gasteiger partial charge in [0.15, 0.2) is 5.16 Å². The lowest BCUT2D eigenvalue weighted by molar-refractivity contribution is -0.137. The van der Waals surface area contributed by atoms with Crippen molar-refractivity contribution in [3.63, 3.8) is 0 Å². The fraction of sp³-hybridized carbons (Fsp3) is 0.333. The maximum Gasteiger partial charge on any atom is 0.416 e. The number of rotatable bonds is 7. The van der Waals surface area contributed by atoms with E-state index in [0.717, 1.165) is 42.4 Å². The van der Waals surface area contributed by atoms with Crippen molar-refractivity contribution < 1.29 is 17.7 Å². The highest BCUT2D eigenvalue weighted by atomic mass is 32.2. The Balaban J connectivity index is 1.35. The van der Waals surface area contributed by atoms with Crippen LogP contribution in [0, 0.1) is 0 Å². The number of thioether (sulfide) groups is 1. The van der Waals surface area contributed by atoms with Crippen molar-refractivity contribution in [3.05, 3.63) is 63.9 Å². The zero-order chi connectivity index (χ0) is 22.3. The van der Waals surface area contributed by atoms with Gasteiger partial charge in [0.1, 0.15) is 5.82 Å². The third kappa shape index (κ3) is 4.44. The zero-order valence-electron chi connectivity index (χ0n) is 16.9. The number of nitrogens with zero attached hydrogens (tertiary/aromatic N) is 5. The Hall–Kier alpha value is -2.66. The largest absolute Gasteiger partial charge is 0.416 e. The van der Waals surface area contributed by atoms with E-state index in [0.29, 0.717) is 11.9 Å². The van der Waals surface area contributed by atoms with E-state index in [-0.39, 0.29) is 16.6 Å². The minimum absolute atomic E-state index is 0.126. The highest BCUT2D eigenvalue weighted by Gasteiger charge is 2.32. The van der Waals surface area contributed by atoms with Crippen molar-refractivity contribution in [2.75, 3.05) is 0 Å². The Bertz CT molecular complexity index is 1210. The van der Waals surface area contributed by atoms with E-state index < -0.39 is 11.7 Å². The van der Waals surface area contributed by atoms with Crippen LogP contribution in [0.2, 0.25) is 0 Å². The minimum atomic E-state index is -4.43. The van der Waals surface area contributed by atoms with Crippen molar-refractivity contribution in [2.24, 2.45) is 0 Å². The standard InChI is InChI=1S/C21H18F3N5OS2/c1-12(19-25-18(28-30-19)13-4-2-5-14(10-13)21(22,23)24)32-20-27-26-17(29(20)15-7-8-15)11-16-6-3-9-31-16/h2-6,9-10,12,15H,7-8,11H2,1H3. The van der Waals surface area contributed by atoms with Crippen molar-refractivity contribution in [2.45, 2.75) is 48.8 Å². The number of benzene rings is 1. The van der Waals surface area contributed by atoms with E-state index in [2.05, 4.69) is 31.0 Å². The second kappa shape index (κ2) is 8.36. The molecule has 1 saturated carbocycles. The van der Waals surface area contributed by atoms with Crippen LogP contribution in [0.5, 0.6) is 0 Å². The maximum absolute atomic E-state index is 13.0. The van der Waals surface area contributed by atoms with Crippen LogP contribution < -0.4 is 0 Å². The second-order valence-electron chi connectivity index (χ2n) is 7.55. The molecule has 1 aromatic carbocycles. The van der Waals surface area contributed by atoms with Crippen molar-refractivity contribution in [1.82, 2.24) is 24.9 Å². The molecule has 1 fully saturated rings. The number of halogens is 3. The molecule has 0 spiro atoms. The first-order valence-corrected chi connectivity index (χ1v) is 11.8. The predicted octanol–water partition coefficient (Wildman–Crippen LogP) is 6.19. The van der Waals surface area contributed by atoms with Gasteiger partial charge >= 0.3 is 6.18 Å². The van der Waals surface area contributed by atoms with Crippen LogP contribution in [0.3, 0.4) is 0 Å². The molecule has 1 atom stereocenters. The molecule has 11 heteroatoms. The molecule has 1 unspecified atom stereocenters. The van der Waals surface area contributed by atoms with Crippen molar-refractivity contribution in [1.29, 1.82) is 0 Å². The van der Waals surface area contributed by atoms with Gasteiger partial charge in [0.2, 0.25) is 11.7 Å². The third-order valence-corrected chi connectivity index (χ3v) is 7.00. The highest BCUT2D eigenvalue weighted by molar-refractivity contribution is 7.99. The van der Waals surface area contributed by atoms with Gasteiger partial charge in [-0.15, -0.1) is 21.5 Å². The molecular formula is C21H18F3N5OS2. The SMILES string of the molecule is CC(Sc1nnc(Cc2cccs2)n1C1CC1)c1nc(-c2cccc(C(F)(F)F)c2)no1. The van der Waals surface area contributed by atoms with Crippen LogP contribution in [-0.2, 0) is 12.6 Å².